The molecule has 1 saturated heterocycles. The number of urea groups is 1. The van der Waals surface area contributed by atoms with Crippen LogP contribution in [0.4, 0.5) is 4.79 Å². The van der Waals surface area contributed by atoms with Gasteiger partial charge in [0, 0.05) is 42.8 Å². The van der Waals surface area contributed by atoms with E-state index in [0.717, 1.165) is 43.1 Å². The zero-order chi connectivity index (χ0) is 20.6. The number of hydrogen-bond acceptors (Lipinski definition) is 3. The minimum absolute atomic E-state index is 0.146. The molecule has 2 aromatic carbocycles. The van der Waals surface area contributed by atoms with E-state index in [-0.39, 0.29) is 12.1 Å². The van der Waals surface area contributed by atoms with E-state index in [2.05, 4.69) is 27.7 Å². The van der Waals surface area contributed by atoms with Crippen molar-refractivity contribution in [3.05, 3.63) is 70.2 Å². The molecule has 1 fully saturated rings. The van der Waals surface area contributed by atoms with E-state index in [1.54, 1.807) is 18.2 Å². The highest BCUT2D eigenvalue weighted by atomic mass is 35.5. The number of likely N-dealkylation sites (tertiary alicyclic amines) is 1. The second-order valence-corrected chi connectivity index (χ2v) is 7.83. The topological polar surface area (TPSA) is 87.5 Å². The largest absolute Gasteiger partial charge is 0.366 e. The number of nitrogens with one attached hydrogen (secondary N) is 2. The van der Waals surface area contributed by atoms with Crippen LogP contribution in [0.5, 0.6) is 0 Å². The first-order valence-corrected chi connectivity index (χ1v) is 10.3. The number of hydrogen-bond donors (Lipinski definition) is 3. The lowest BCUT2D eigenvalue weighted by Gasteiger charge is -2.32. The predicted octanol–water partition coefficient (Wildman–Crippen LogP) is 2.95. The van der Waals surface area contributed by atoms with Crippen molar-refractivity contribution in [2.45, 2.75) is 31.8 Å². The Bertz CT molecular complexity index is 833. The smallest absolute Gasteiger partial charge is 0.315 e. The molecule has 0 aliphatic carbocycles. The number of benzene rings is 2. The number of carbonyl (C=O) groups is 2. The van der Waals surface area contributed by atoms with Crippen LogP contribution in [0, 0.1) is 0 Å². The van der Waals surface area contributed by atoms with Crippen LogP contribution in [0.3, 0.4) is 0 Å². The second-order valence-electron chi connectivity index (χ2n) is 7.39. The van der Waals surface area contributed by atoms with Crippen LogP contribution in [-0.2, 0) is 13.0 Å². The van der Waals surface area contributed by atoms with Crippen molar-refractivity contribution in [3.63, 3.8) is 0 Å². The summed E-state index contributed by atoms with van der Waals surface area (Å²) in [7, 11) is 0. The molecule has 0 spiro atoms. The van der Waals surface area contributed by atoms with Gasteiger partial charge in [-0.3, -0.25) is 9.69 Å². The number of halogens is 1. The van der Waals surface area contributed by atoms with Crippen LogP contribution in [0.1, 0.15) is 34.3 Å². The summed E-state index contributed by atoms with van der Waals surface area (Å²) in [4.78, 5) is 25.8. The molecular weight excluding hydrogens is 388 g/mol. The van der Waals surface area contributed by atoms with E-state index in [1.165, 1.54) is 5.56 Å². The van der Waals surface area contributed by atoms with Crippen molar-refractivity contribution in [2.75, 3.05) is 19.6 Å². The minimum atomic E-state index is -0.444. The summed E-state index contributed by atoms with van der Waals surface area (Å²) in [5.74, 6) is -0.444. The Labute approximate surface area is 176 Å². The lowest BCUT2D eigenvalue weighted by molar-refractivity contribution is 0.1000. The second kappa shape index (κ2) is 10.3. The molecule has 29 heavy (non-hydrogen) atoms. The highest BCUT2D eigenvalue weighted by Crippen LogP contribution is 2.16. The van der Waals surface area contributed by atoms with Crippen molar-refractivity contribution >= 4 is 23.5 Å². The SMILES string of the molecule is NC(=O)c1cccc(CCNC(=O)NC2CCN(Cc3ccc(Cl)cc3)CC2)c1. The fourth-order valence-corrected chi connectivity index (χ4v) is 3.65. The van der Waals surface area contributed by atoms with Gasteiger partial charge >= 0.3 is 6.03 Å². The molecule has 0 unspecified atom stereocenters. The van der Waals surface area contributed by atoms with E-state index in [9.17, 15) is 9.59 Å². The van der Waals surface area contributed by atoms with Crippen LogP contribution in [0.15, 0.2) is 48.5 Å². The molecular formula is C22H27ClN4O2. The minimum Gasteiger partial charge on any atom is -0.366 e. The summed E-state index contributed by atoms with van der Waals surface area (Å²) >= 11 is 5.93. The van der Waals surface area contributed by atoms with Gasteiger partial charge in [-0.1, -0.05) is 35.9 Å². The zero-order valence-corrected chi connectivity index (χ0v) is 17.1. The van der Waals surface area contributed by atoms with Crippen molar-refractivity contribution in [1.29, 1.82) is 0 Å². The predicted molar refractivity (Wildman–Crippen MR) is 115 cm³/mol. The Kier molecular flexibility index (Phi) is 7.49. The average Bonchev–Trinajstić information content (AvgIpc) is 2.71. The molecule has 3 rings (SSSR count). The highest BCUT2D eigenvalue weighted by molar-refractivity contribution is 6.30. The van der Waals surface area contributed by atoms with E-state index >= 15 is 0 Å². The van der Waals surface area contributed by atoms with E-state index < -0.39 is 5.91 Å². The third-order valence-corrected chi connectivity index (χ3v) is 5.40. The molecule has 154 valence electrons. The number of amides is 3. The van der Waals surface area contributed by atoms with Gasteiger partial charge in [0.15, 0.2) is 0 Å². The van der Waals surface area contributed by atoms with Crippen molar-refractivity contribution in [3.8, 4) is 0 Å². The molecule has 6 nitrogen and oxygen atoms in total. The summed E-state index contributed by atoms with van der Waals surface area (Å²) in [5.41, 5.74) is 8.00. The maximum absolute atomic E-state index is 12.2. The van der Waals surface area contributed by atoms with Crippen molar-refractivity contribution in [2.24, 2.45) is 5.73 Å². The number of primary amides is 1. The molecule has 0 aromatic heterocycles. The van der Waals surface area contributed by atoms with Crippen molar-refractivity contribution < 1.29 is 9.59 Å². The van der Waals surface area contributed by atoms with Crippen LogP contribution < -0.4 is 16.4 Å². The van der Waals surface area contributed by atoms with Crippen LogP contribution in [-0.4, -0.2) is 42.5 Å². The van der Waals surface area contributed by atoms with Gasteiger partial charge in [0.05, 0.1) is 0 Å². The maximum atomic E-state index is 12.2. The highest BCUT2D eigenvalue weighted by Gasteiger charge is 2.20. The third kappa shape index (κ3) is 6.76. The Balaban J connectivity index is 1.35. The Morgan fingerprint density at radius 2 is 1.79 bits per heavy atom. The van der Waals surface area contributed by atoms with Crippen LogP contribution in [0.25, 0.3) is 0 Å². The van der Waals surface area contributed by atoms with Gasteiger partial charge in [-0.25, -0.2) is 4.79 Å². The van der Waals surface area contributed by atoms with Gasteiger partial charge in [0.1, 0.15) is 0 Å². The average molecular weight is 415 g/mol. The molecule has 0 radical (unpaired) electrons. The van der Waals surface area contributed by atoms with E-state index in [1.807, 2.05) is 18.2 Å². The summed E-state index contributed by atoms with van der Waals surface area (Å²) in [6.45, 7) is 3.31. The van der Waals surface area contributed by atoms with Crippen molar-refractivity contribution in [1.82, 2.24) is 15.5 Å². The first kappa shape index (κ1) is 21.1. The third-order valence-electron chi connectivity index (χ3n) is 5.15. The molecule has 7 heteroatoms. The first-order chi connectivity index (χ1) is 14.0. The fraction of sp³-hybridized carbons (Fsp3) is 0.364. The molecule has 4 N–H and O–H groups in total. The van der Waals surface area contributed by atoms with Crippen LogP contribution >= 0.6 is 11.6 Å². The summed E-state index contributed by atoms with van der Waals surface area (Å²) < 4.78 is 0. The van der Waals surface area contributed by atoms with Gasteiger partial charge < -0.3 is 16.4 Å². The zero-order valence-electron chi connectivity index (χ0n) is 16.4. The number of rotatable bonds is 7. The van der Waals surface area contributed by atoms with Gasteiger partial charge in [-0.2, -0.15) is 0 Å². The monoisotopic (exact) mass is 414 g/mol. The lowest BCUT2D eigenvalue weighted by Crippen LogP contribution is -2.48. The van der Waals surface area contributed by atoms with E-state index in [4.69, 9.17) is 17.3 Å². The van der Waals surface area contributed by atoms with Crippen LogP contribution in [0.2, 0.25) is 5.02 Å². The summed E-state index contributed by atoms with van der Waals surface area (Å²) in [6.07, 6.45) is 2.51. The first-order valence-electron chi connectivity index (χ1n) is 9.89. The quantitative estimate of drug-likeness (QED) is 0.650. The Morgan fingerprint density at radius 1 is 1.07 bits per heavy atom. The molecule has 1 aliphatic heterocycles. The van der Waals surface area contributed by atoms with Gasteiger partial charge in [0.25, 0.3) is 0 Å². The molecule has 2 aromatic rings. The van der Waals surface area contributed by atoms with Gasteiger partial charge in [-0.15, -0.1) is 0 Å². The Morgan fingerprint density at radius 3 is 2.48 bits per heavy atom. The lowest BCUT2D eigenvalue weighted by atomic mass is 10.0. The molecule has 1 aliphatic rings. The maximum Gasteiger partial charge on any atom is 0.315 e. The molecule has 3 amide bonds. The molecule has 0 saturated carbocycles. The fourth-order valence-electron chi connectivity index (χ4n) is 3.52. The molecule has 0 bridgehead atoms. The standard InChI is InChI=1S/C22H27ClN4O2/c23-19-6-4-17(5-7-19)15-27-12-9-20(10-13-27)26-22(29)25-11-8-16-2-1-3-18(14-16)21(24)28/h1-7,14,20H,8-13,15H2,(H2,24,28)(H2,25,26,29). The summed E-state index contributed by atoms with van der Waals surface area (Å²) in [5, 5.41) is 6.70. The number of carbonyl (C=O) groups excluding carboxylic acids is 2. The number of nitrogens with zero attached hydrogens (tertiary/aromatic N) is 1. The number of nitrogens with two attached hydrogens (primary N) is 1. The van der Waals surface area contributed by atoms with E-state index in [0.29, 0.717) is 18.5 Å². The van der Waals surface area contributed by atoms with Gasteiger partial charge in [0.2, 0.25) is 5.91 Å². The Hall–Kier alpha value is -2.57. The van der Waals surface area contributed by atoms with Gasteiger partial charge in [-0.05, 0) is 54.7 Å². The molecule has 0 atom stereocenters. The number of piperidine rings is 1. The summed E-state index contributed by atoms with van der Waals surface area (Å²) in [6, 6.07) is 15.2. The normalized spacial score (nSPS) is 15.1. The molecule has 1 heterocycles.